The predicted octanol–water partition coefficient (Wildman–Crippen LogP) is 2.14. The predicted molar refractivity (Wildman–Crippen MR) is 73.4 cm³/mol. The lowest BCUT2D eigenvalue weighted by Gasteiger charge is -2.31. The highest BCUT2D eigenvalue weighted by atomic mass is 16.7. The first-order chi connectivity index (χ1) is 8.43. The molecule has 1 aromatic rings. The zero-order valence-corrected chi connectivity index (χ0v) is 11.6. The fraction of sp³-hybridized carbons (Fsp3) is 0.571. The first-order valence-corrected chi connectivity index (χ1v) is 6.24. The Balaban J connectivity index is 2.23. The number of hydrogen-bond donors (Lipinski definition) is 1. The van der Waals surface area contributed by atoms with Crippen LogP contribution in [-0.2, 0) is 0 Å². The maximum atomic E-state index is 5.79. The van der Waals surface area contributed by atoms with Crippen molar-refractivity contribution in [2.75, 3.05) is 31.8 Å². The SMILES string of the molecule is Cc1cc2c(cc1N(C)CC(C)(C)CN)OCO2. The molecule has 1 aliphatic rings. The van der Waals surface area contributed by atoms with Crippen LogP contribution in [0.25, 0.3) is 0 Å². The molecule has 4 nitrogen and oxygen atoms in total. The molecule has 0 saturated heterocycles. The van der Waals surface area contributed by atoms with Crippen LogP contribution in [0.2, 0.25) is 0 Å². The Bertz CT molecular complexity index is 444. The molecular formula is C14H22N2O2. The van der Waals surface area contributed by atoms with Gasteiger partial charge >= 0.3 is 0 Å². The van der Waals surface area contributed by atoms with Gasteiger partial charge in [-0.3, -0.25) is 0 Å². The third-order valence-electron chi connectivity index (χ3n) is 3.32. The minimum atomic E-state index is 0.0948. The van der Waals surface area contributed by atoms with Crippen molar-refractivity contribution in [3.63, 3.8) is 0 Å². The Morgan fingerprint density at radius 2 is 1.89 bits per heavy atom. The lowest BCUT2D eigenvalue weighted by atomic mass is 9.93. The van der Waals surface area contributed by atoms with Gasteiger partial charge in [0.25, 0.3) is 0 Å². The van der Waals surface area contributed by atoms with Crippen LogP contribution >= 0.6 is 0 Å². The maximum absolute atomic E-state index is 5.79. The average Bonchev–Trinajstić information content (AvgIpc) is 2.74. The van der Waals surface area contributed by atoms with Gasteiger partial charge in [0.2, 0.25) is 6.79 Å². The van der Waals surface area contributed by atoms with E-state index in [1.54, 1.807) is 0 Å². The highest BCUT2D eigenvalue weighted by molar-refractivity contribution is 5.62. The lowest BCUT2D eigenvalue weighted by molar-refractivity contribution is 0.174. The Kier molecular flexibility index (Phi) is 3.39. The second-order valence-corrected chi connectivity index (χ2v) is 5.72. The minimum absolute atomic E-state index is 0.0948. The first kappa shape index (κ1) is 13.0. The standard InChI is InChI=1S/C14H22N2O2/c1-10-5-12-13(18-9-17-12)6-11(10)16(4)8-14(2,3)7-15/h5-6H,7-9,15H2,1-4H3. The fourth-order valence-electron chi connectivity index (χ4n) is 2.24. The van der Waals surface area contributed by atoms with E-state index in [1.165, 1.54) is 11.3 Å². The molecule has 1 heterocycles. The fourth-order valence-corrected chi connectivity index (χ4v) is 2.24. The summed E-state index contributed by atoms with van der Waals surface area (Å²) in [6.07, 6.45) is 0. The molecule has 0 unspecified atom stereocenters. The van der Waals surface area contributed by atoms with Crippen molar-refractivity contribution in [3.05, 3.63) is 17.7 Å². The van der Waals surface area contributed by atoms with Crippen molar-refractivity contribution in [1.29, 1.82) is 0 Å². The number of benzene rings is 1. The summed E-state index contributed by atoms with van der Waals surface area (Å²) in [6.45, 7) is 8.32. The quantitative estimate of drug-likeness (QED) is 0.889. The number of aryl methyl sites for hydroxylation is 1. The number of hydrogen-bond acceptors (Lipinski definition) is 4. The van der Waals surface area contributed by atoms with Crippen molar-refractivity contribution >= 4 is 5.69 Å². The molecule has 2 N–H and O–H groups in total. The van der Waals surface area contributed by atoms with E-state index >= 15 is 0 Å². The van der Waals surface area contributed by atoms with Crippen molar-refractivity contribution in [1.82, 2.24) is 0 Å². The number of nitrogens with two attached hydrogens (primary N) is 1. The van der Waals surface area contributed by atoms with Gasteiger partial charge in [-0.25, -0.2) is 0 Å². The van der Waals surface area contributed by atoms with Crippen LogP contribution in [0.1, 0.15) is 19.4 Å². The molecule has 0 aromatic heterocycles. The summed E-state index contributed by atoms with van der Waals surface area (Å²) in [5, 5.41) is 0. The average molecular weight is 250 g/mol. The van der Waals surface area contributed by atoms with Gasteiger partial charge in [0.15, 0.2) is 11.5 Å². The number of anilines is 1. The van der Waals surface area contributed by atoms with E-state index in [2.05, 4.69) is 32.7 Å². The van der Waals surface area contributed by atoms with Crippen LogP contribution in [-0.4, -0.2) is 26.9 Å². The van der Waals surface area contributed by atoms with Crippen LogP contribution in [0.3, 0.4) is 0 Å². The Labute approximate surface area is 109 Å². The first-order valence-electron chi connectivity index (χ1n) is 6.24. The van der Waals surface area contributed by atoms with Crippen LogP contribution < -0.4 is 20.1 Å². The van der Waals surface area contributed by atoms with Gasteiger partial charge in [0.05, 0.1) is 0 Å². The van der Waals surface area contributed by atoms with Gasteiger partial charge in [-0.15, -0.1) is 0 Å². The van der Waals surface area contributed by atoms with Crippen molar-refractivity contribution in [3.8, 4) is 11.5 Å². The summed E-state index contributed by atoms with van der Waals surface area (Å²) in [7, 11) is 2.09. The van der Waals surface area contributed by atoms with E-state index in [0.29, 0.717) is 13.3 Å². The van der Waals surface area contributed by atoms with Gasteiger partial charge in [-0.2, -0.15) is 0 Å². The molecule has 0 atom stereocenters. The Morgan fingerprint density at radius 3 is 2.50 bits per heavy atom. The summed E-state index contributed by atoms with van der Waals surface area (Å²) in [4.78, 5) is 2.23. The zero-order valence-electron chi connectivity index (χ0n) is 11.6. The molecule has 0 fully saturated rings. The lowest BCUT2D eigenvalue weighted by Crippen LogP contribution is -2.37. The van der Waals surface area contributed by atoms with Crippen molar-refractivity contribution < 1.29 is 9.47 Å². The number of rotatable bonds is 4. The monoisotopic (exact) mass is 250 g/mol. The van der Waals surface area contributed by atoms with Crippen LogP contribution in [0, 0.1) is 12.3 Å². The third-order valence-corrected chi connectivity index (χ3v) is 3.32. The molecule has 0 saturated carbocycles. The van der Waals surface area contributed by atoms with E-state index in [9.17, 15) is 0 Å². The molecule has 100 valence electrons. The summed E-state index contributed by atoms with van der Waals surface area (Å²) in [5.41, 5.74) is 8.24. The topological polar surface area (TPSA) is 47.7 Å². The van der Waals surface area contributed by atoms with Gasteiger partial charge in [0.1, 0.15) is 0 Å². The molecule has 0 bridgehead atoms. The molecule has 0 aliphatic carbocycles. The van der Waals surface area contributed by atoms with Crippen LogP contribution in [0.5, 0.6) is 11.5 Å². The van der Waals surface area contributed by atoms with Gasteiger partial charge in [-0.05, 0) is 30.5 Å². The molecule has 0 radical (unpaired) electrons. The van der Waals surface area contributed by atoms with E-state index in [0.717, 1.165) is 18.0 Å². The molecule has 4 heteroatoms. The number of fused-ring (bicyclic) bond motifs is 1. The van der Waals surface area contributed by atoms with Crippen molar-refractivity contribution in [2.45, 2.75) is 20.8 Å². The van der Waals surface area contributed by atoms with E-state index < -0.39 is 0 Å². The third kappa shape index (κ3) is 2.53. The number of nitrogens with zero attached hydrogens (tertiary/aromatic N) is 1. The largest absolute Gasteiger partial charge is 0.454 e. The highest BCUT2D eigenvalue weighted by Gasteiger charge is 2.22. The Hall–Kier alpha value is -1.42. The zero-order chi connectivity index (χ0) is 13.3. The minimum Gasteiger partial charge on any atom is -0.454 e. The summed E-state index contributed by atoms with van der Waals surface area (Å²) in [6, 6.07) is 4.08. The molecule has 1 aliphatic heterocycles. The van der Waals surface area contributed by atoms with Gasteiger partial charge in [-0.1, -0.05) is 13.8 Å². The second-order valence-electron chi connectivity index (χ2n) is 5.72. The van der Waals surface area contributed by atoms with E-state index in [-0.39, 0.29) is 5.41 Å². The Morgan fingerprint density at radius 1 is 1.28 bits per heavy atom. The molecule has 0 amide bonds. The van der Waals surface area contributed by atoms with Gasteiger partial charge in [0, 0.05) is 25.3 Å². The summed E-state index contributed by atoms with van der Waals surface area (Å²) < 4.78 is 10.8. The normalized spacial score (nSPS) is 13.8. The van der Waals surface area contributed by atoms with E-state index in [1.807, 2.05) is 12.1 Å². The highest BCUT2D eigenvalue weighted by Crippen LogP contribution is 2.38. The maximum Gasteiger partial charge on any atom is 0.231 e. The smallest absolute Gasteiger partial charge is 0.231 e. The number of ether oxygens (including phenoxy) is 2. The molecule has 1 aromatic carbocycles. The van der Waals surface area contributed by atoms with E-state index in [4.69, 9.17) is 15.2 Å². The van der Waals surface area contributed by atoms with Crippen molar-refractivity contribution in [2.24, 2.45) is 11.1 Å². The molecule has 2 rings (SSSR count). The van der Waals surface area contributed by atoms with Gasteiger partial charge < -0.3 is 20.1 Å². The summed E-state index contributed by atoms with van der Waals surface area (Å²) >= 11 is 0. The molecular weight excluding hydrogens is 228 g/mol. The second kappa shape index (κ2) is 4.69. The van der Waals surface area contributed by atoms with Crippen LogP contribution in [0.4, 0.5) is 5.69 Å². The molecule has 18 heavy (non-hydrogen) atoms. The molecule has 0 spiro atoms. The van der Waals surface area contributed by atoms with Crippen LogP contribution in [0.15, 0.2) is 12.1 Å². The summed E-state index contributed by atoms with van der Waals surface area (Å²) in [5.74, 6) is 1.66.